The summed E-state index contributed by atoms with van der Waals surface area (Å²) in [5, 5.41) is 11.7. The number of carbonyl (C=O) groups is 2. The van der Waals surface area contributed by atoms with Gasteiger partial charge in [-0.15, -0.1) is 0 Å². The number of halogens is 1. The number of carboxylic acid groups (broad SMARTS) is 1. The first-order valence-corrected chi connectivity index (χ1v) is 6.65. The Kier molecular flexibility index (Phi) is 4.01. The van der Waals surface area contributed by atoms with Crippen molar-refractivity contribution in [2.24, 2.45) is 11.8 Å². The van der Waals surface area contributed by atoms with Crippen LogP contribution in [0.15, 0.2) is 28.7 Å². The van der Waals surface area contributed by atoms with Gasteiger partial charge in [-0.25, -0.2) is 0 Å². The van der Waals surface area contributed by atoms with E-state index in [-0.39, 0.29) is 17.7 Å². The molecule has 1 aliphatic carbocycles. The molecule has 1 amide bonds. The number of carbonyl (C=O) groups excluding carboxylic acids is 1. The molecular formula is C13H14BrNO3. The summed E-state index contributed by atoms with van der Waals surface area (Å²) in [6, 6.07) is 7.33. The van der Waals surface area contributed by atoms with Crippen LogP contribution in [-0.2, 0) is 9.59 Å². The van der Waals surface area contributed by atoms with Crippen LogP contribution in [0.2, 0.25) is 0 Å². The van der Waals surface area contributed by atoms with Crippen LogP contribution in [-0.4, -0.2) is 17.0 Å². The van der Waals surface area contributed by atoms with Crippen molar-refractivity contribution >= 4 is 33.5 Å². The lowest BCUT2D eigenvalue weighted by Gasteiger charge is -2.10. The Morgan fingerprint density at radius 2 is 1.78 bits per heavy atom. The number of amides is 1. The Morgan fingerprint density at radius 3 is 2.33 bits per heavy atom. The molecule has 0 heterocycles. The first-order chi connectivity index (χ1) is 8.56. The number of anilines is 1. The molecule has 0 aromatic heterocycles. The van der Waals surface area contributed by atoms with Gasteiger partial charge in [0.1, 0.15) is 0 Å². The molecule has 2 N–H and O–H groups in total. The van der Waals surface area contributed by atoms with Crippen LogP contribution in [0.25, 0.3) is 0 Å². The molecule has 0 spiro atoms. The number of carboxylic acids is 1. The van der Waals surface area contributed by atoms with Gasteiger partial charge >= 0.3 is 5.97 Å². The Hall–Kier alpha value is -1.36. The molecule has 1 fully saturated rings. The highest BCUT2D eigenvalue weighted by Gasteiger charge is 2.33. The van der Waals surface area contributed by atoms with Crippen LogP contribution in [0.3, 0.4) is 0 Å². The van der Waals surface area contributed by atoms with Crippen molar-refractivity contribution in [1.29, 1.82) is 0 Å². The Labute approximate surface area is 114 Å². The van der Waals surface area contributed by atoms with Crippen molar-refractivity contribution < 1.29 is 14.7 Å². The third-order valence-corrected chi connectivity index (χ3v) is 3.79. The van der Waals surface area contributed by atoms with Gasteiger partial charge in [-0.2, -0.15) is 0 Å². The zero-order valence-corrected chi connectivity index (χ0v) is 11.3. The van der Waals surface area contributed by atoms with Gasteiger partial charge in [0.25, 0.3) is 0 Å². The van der Waals surface area contributed by atoms with Crippen LogP contribution in [0, 0.1) is 11.8 Å². The summed E-state index contributed by atoms with van der Waals surface area (Å²) in [5.74, 6) is -1.43. The van der Waals surface area contributed by atoms with Gasteiger partial charge in [-0.05, 0) is 43.5 Å². The maximum atomic E-state index is 12.0. The fraction of sp³-hybridized carbons (Fsp3) is 0.385. The molecule has 0 aliphatic heterocycles. The number of nitrogens with one attached hydrogen (secondary N) is 1. The molecule has 1 aromatic carbocycles. The van der Waals surface area contributed by atoms with Crippen molar-refractivity contribution in [3.8, 4) is 0 Å². The second-order valence-electron chi connectivity index (χ2n) is 4.54. The molecule has 5 heteroatoms. The average molecular weight is 312 g/mol. The van der Waals surface area contributed by atoms with Crippen LogP contribution < -0.4 is 5.32 Å². The summed E-state index contributed by atoms with van der Waals surface area (Å²) in [5.41, 5.74) is 0.738. The highest BCUT2D eigenvalue weighted by molar-refractivity contribution is 9.10. The normalized spacial score (nSPS) is 22.7. The average Bonchev–Trinajstić information content (AvgIpc) is 2.81. The Balaban J connectivity index is 1.93. The van der Waals surface area contributed by atoms with Crippen LogP contribution in [0.1, 0.15) is 19.3 Å². The standard InChI is InChI=1S/C13H14BrNO3/c14-10-3-5-11(6-4-10)15-12(16)8-1-2-9(7-8)13(17)18/h3-6,8-9H,1-2,7H2,(H,15,16)(H,17,18). The summed E-state index contributed by atoms with van der Waals surface area (Å²) < 4.78 is 0.951. The van der Waals surface area contributed by atoms with E-state index in [4.69, 9.17) is 5.11 Å². The van der Waals surface area contributed by atoms with Gasteiger partial charge in [-0.1, -0.05) is 15.9 Å². The molecule has 18 heavy (non-hydrogen) atoms. The van der Waals surface area contributed by atoms with Crippen molar-refractivity contribution in [2.75, 3.05) is 5.32 Å². The van der Waals surface area contributed by atoms with Crippen molar-refractivity contribution in [3.63, 3.8) is 0 Å². The van der Waals surface area contributed by atoms with Gasteiger partial charge in [-0.3, -0.25) is 9.59 Å². The quantitative estimate of drug-likeness (QED) is 0.902. The number of hydrogen-bond donors (Lipinski definition) is 2. The zero-order chi connectivity index (χ0) is 13.1. The molecule has 96 valence electrons. The predicted octanol–water partition coefficient (Wildman–Crippen LogP) is 2.89. The monoisotopic (exact) mass is 311 g/mol. The molecule has 1 aromatic rings. The van der Waals surface area contributed by atoms with E-state index < -0.39 is 5.97 Å². The Morgan fingerprint density at radius 1 is 1.17 bits per heavy atom. The van der Waals surface area contributed by atoms with Crippen LogP contribution in [0.5, 0.6) is 0 Å². The molecule has 2 unspecified atom stereocenters. The van der Waals surface area contributed by atoms with Crippen LogP contribution in [0.4, 0.5) is 5.69 Å². The molecule has 1 aliphatic rings. The van der Waals surface area contributed by atoms with E-state index in [0.717, 1.165) is 10.2 Å². The smallest absolute Gasteiger partial charge is 0.306 e. The second kappa shape index (κ2) is 5.52. The lowest BCUT2D eigenvalue weighted by molar-refractivity contribution is -0.141. The minimum atomic E-state index is -0.797. The summed E-state index contributed by atoms with van der Waals surface area (Å²) in [6.07, 6.45) is 1.69. The lowest BCUT2D eigenvalue weighted by atomic mass is 10.0. The molecule has 1 saturated carbocycles. The van der Waals surface area contributed by atoms with Crippen LogP contribution >= 0.6 is 15.9 Å². The predicted molar refractivity (Wildman–Crippen MR) is 71.2 cm³/mol. The summed E-state index contributed by atoms with van der Waals surface area (Å²) in [6.45, 7) is 0. The number of aliphatic carboxylic acids is 1. The van der Waals surface area contributed by atoms with Gasteiger partial charge < -0.3 is 10.4 Å². The van der Waals surface area contributed by atoms with E-state index in [1.807, 2.05) is 24.3 Å². The van der Waals surface area contributed by atoms with Gasteiger partial charge in [0.05, 0.1) is 5.92 Å². The van der Waals surface area contributed by atoms with Gasteiger partial charge in [0.2, 0.25) is 5.91 Å². The molecule has 0 bridgehead atoms. The fourth-order valence-corrected chi connectivity index (χ4v) is 2.49. The highest BCUT2D eigenvalue weighted by atomic mass is 79.9. The summed E-state index contributed by atoms with van der Waals surface area (Å²) in [7, 11) is 0. The molecule has 2 rings (SSSR count). The topological polar surface area (TPSA) is 66.4 Å². The molecule has 0 saturated heterocycles. The van der Waals surface area contributed by atoms with Crippen molar-refractivity contribution in [1.82, 2.24) is 0 Å². The van der Waals surface area contributed by atoms with Crippen molar-refractivity contribution in [3.05, 3.63) is 28.7 Å². The molecule has 0 radical (unpaired) electrons. The largest absolute Gasteiger partial charge is 0.481 e. The summed E-state index contributed by atoms with van der Waals surface area (Å²) >= 11 is 3.32. The highest BCUT2D eigenvalue weighted by Crippen LogP contribution is 2.31. The lowest BCUT2D eigenvalue weighted by Crippen LogP contribution is -2.21. The van der Waals surface area contributed by atoms with Gasteiger partial charge in [0.15, 0.2) is 0 Å². The van der Waals surface area contributed by atoms with E-state index >= 15 is 0 Å². The number of hydrogen-bond acceptors (Lipinski definition) is 2. The minimum absolute atomic E-state index is 0.0823. The third-order valence-electron chi connectivity index (χ3n) is 3.26. The van der Waals surface area contributed by atoms with Crippen molar-refractivity contribution in [2.45, 2.75) is 19.3 Å². The van der Waals surface area contributed by atoms with E-state index in [0.29, 0.717) is 19.3 Å². The zero-order valence-electron chi connectivity index (χ0n) is 9.73. The van der Waals surface area contributed by atoms with E-state index in [2.05, 4.69) is 21.2 Å². The number of benzene rings is 1. The van der Waals surface area contributed by atoms with Gasteiger partial charge in [0, 0.05) is 16.1 Å². The number of rotatable bonds is 3. The van der Waals surface area contributed by atoms with E-state index in [9.17, 15) is 9.59 Å². The minimum Gasteiger partial charge on any atom is -0.481 e. The van der Waals surface area contributed by atoms with E-state index in [1.54, 1.807) is 0 Å². The van der Waals surface area contributed by atoms with E-state index in [1.165, 1.54) is 0 Å². The molecule has 2 atom stereocenters. The molecule has 4 nitrogen and oxygen atoms in total. The molecular weight excluding hydrogens is 298 g/mol. The Bertz CT molecular complexity index is 458. The maximum Gasteiger partial charge on any atom is 0.306 e. The second-order valence-corrected chi connectivity index (χ2v) is 5.46. The fourth-order valence-electron chi connectivity index (χ4n) is 2.22. The third kappa shape index (κ3) is 3.10. The first kappa shape index (κ1) is 13.1. The summed E-state index contributed by atoms with van der Waals surface area (Å²) in [4.78, 5) is 22.8. The maximum absolute atomic E-state index is 12.0. The first-order valence-electron chi connectivity index (χ1n) is 5.85. The SMILES string of the molecule is O=C(O)C1CCC(C(=O)Nc2ccc(Br)cc2)C1.